The molecule has 0 saturated heterocycles. The number of halogens is 1. The van der Waals surface area contributed by atoms with Gasteiger partial charge in [-0.3, -0.25) is 4.79 Å². The zero-order valence-corrected chi connectivity index (χ0v) is 10.5. The fourth-order valence-electron chi connectivity index (χ4n) is 1.89. The lowest BCUT2D eigenvalue weighted by atomic mass is 10.1. The smallest absolute Gasteiger partial charge is 0.305 e. The van der Waals surface area contributed by atoms with Crippen LogP contribution in [0.3, 0.4) is 0 Å². The summed E-state index contributed by atoms with van der Waals surface area (Å²) in [5.41, 5.74) is 1.27. The Kier molecular flexibility index (Phi) is 3.55. The maximum Gasteiger partial charge on any atom is 0.305 e. The predicted octanol–water partition coefficient (Wildman–Crippen LogP) is 1.82. The number of nitrogens with zero attached hydrogens (tertiary/aromatic N) is 4. The van der Waals surface area contributed by atoms with Gasteiger partial charge in [-0.05, 0) is 48.0 Å². The van der Waals surface area contributed by atoms with Gasteiger partial charge in [-0.1, -0.05) is 0 Å². The first-order valence-corrected chi connectivity index (χ1v) is 5.74. The molecular weight excluding hydrogens is 251 g/mol. The van der Waals surface area contributed by atoms with Crippen LogP contribution in [0.4, 0.5) is 4.39 Å². The highest BCUT2D eigenvalue weighted by molar-refractivity contribution is 5.67. The Morgan fingerprint density at radius 3 is 2.84 bits per heavy atom. The van der Waals surface area contributed by atoms with Crippen molar-refractivity contribution >= 4 is 5.97 Å². The summed E-state index contributed by atoms with van der Waals surface area (Å²) < 4.78 is 14.8. The standard InChI is InChI=1S/C12H13FN4O2/c1-7-3-9(6-10(13)4-7)12-14-15-16-17(12)8(2)5-11(18)19/h3-4,6,8H,5H2,1-2H3,(H,18,19). The summed E-state index contributed by atoms with van der Waals surface area (Å²) >= 11 is 0. The molecule has 0 bridgehead atoms. The molecule has 1 unspecified atom stereocenters. The summed E-state index contributed by atoms with van der Waals surface area (Å²) in [6.45, 7) is 3.46. The second-order valence-electron chi connectivity index (χ2n) is 4.41. The number of carboxylic acids is 1. The molecule has 1 atom stereocenters. The van der Waals surface area contributed by atoms with E-state index in [0.717, 1.165) is 5.56 Å². The zero-order valence-electron chi connectivity index (χ0n) is 10.5. The molecule has 0 aliphatic heterocycles. The molecule has 1 aromatic carbocycles. The number of benzene rings is 1. The van der Waals surface area contributed by atoms with Crippen LogP contribution in [0.25, 0.3) is 11.4 Å². The largest absolute Gasteiger partial charge is 0.481 e. The van der Waals surface area contributed by atoms with Gasteiger partial charge in [-0.15, -0.1) is 5.10 Å². The van der Waals surface area contributed by atoms with Crippen molar-refractivity contribution in [2.75, 3.05) is 0 Å². The van der Waals surface area contributed by atoms with Crippen LogP contribution in [-0.2, 0) is 4.79 Å². The molecule has 7 heteroatoms. The molecule has 0 spiro atoms. The first kappa shape index (κ1) is 13.1. The summed E-state index contributed by atoms with van der Waals surface area (Å²) in [4.78, 5) is 10.7. The van der Waals surface area contributed by atoms with Gasteiger partial charge >= 0.3 is 5.97 Å². The minimum absolute atomic E-state index is 0.105. The van der Waals surface area contributed by atoms with E-state index in [1.165, 1.54) is 16.8 Å². The summed E-state index contributed by atoms with van der Waals surface area (Å²) in [5.74, 6) is -0.962. The number of carboxylic acid groups (broad SMARTS) is 1. The minimum Gasteiger partial charge on any atom is -0.481 e. The van der Waals surface area contributed by atoms with E-state index < -0.39 is 12.0 Å². The van der Waals surface area contributed by atoms with Crippen molar-refractivity contribution in [1.29, 1.82) is 0 Å². The third-order valence-corrected chi connectivity index (χ3v) is 2.68. The van der Waals surface area contributed by atoms with Crippen LogP contribution in [0.5, 0.6) is 0 Å². The second-order valence-corrected chi connectivity index (χ2v) is 4.41. The van der Waals surface area contributed by atoms with Gasteiger partial charge in [0.25, 0.3) is 0 Å². The third kappa shape index (κ3) is 2.93. The molecule has 0 aliphatic rings. The lowest BCUT2D eigenvalue weighted by Gasteiger charge is -2.11. The van der Waals surface area contributed by atoms with Crippen molar-refractivity contribution in [2.24, 2.45) is 0 Å². The number of hydrogen-bond acceptors (Lipinski definition) is 4. The highest BCUT2D eigenvalue weighted by Gasteiger charge is 2.17. The molecule has 100 valence electrons. The van der Waals surface area contributed by atoms with E-state index in [-0.39, 0.29) is 12.2 Å². The molecule has 1 heterocycles. The molecule has 1 aromatic heterocycles. The monoisotopic (exact) mass is 264 g/mol. The lowest BCUT2D eigenvalue weighted by Crippen LogP contribution is -2.13. The van der Waals surface area contributed by atoms with E-state index in [0.29, 0.717) is 11.4 Å². The second kappa shape index (κ2) is 5.13. The first-order chi connectivity index (χ1) is 8.97. The van der Waals surface area contributed by atoms with Gasteiger partial charge in [0.05, 0.1) is 12.5 Å². The Morgan fingerprint density at radius 2 is 2.21 bits per heavy atom. The Bertz CT molecular complexity index is 591. The normalized spacial score (nSPS) is 12.4. The molecule has 2 aromatic rings. The number of aliphatic carboxylic acids is 1. The van der Waals surface area contributed by atoms with E-state index >= 15 is 0 Å². The van der Waals surface area contributed by atoms with Crippen LogP contribution in [0.2, 0.25) is 0 Å². The van der Waals surface area contributed by atoms with Crippen molar-refractivity contribution in [3.8, 4) is 11.4 Å². The van der Waals surface area contributed by atoms with Crippen LogP contribution in [-0.4, -0.2) is 31.3 Å². The predicted molar refractivity (Wildman–Crippen MR) is 64.9 cm³/mol. The molecule has 1 N–H and O–H groups in total. The number of rotatable bonds is 4. The minimum atomic E-state index is -0.940. The highest BCUT2D eigenvalue weighted by Crippen LogP contribution is 2.22. The third-order valence-electron chi connectivity index (χ3n) is 2.68. The molecule has 0 amide bonds. The van der Waals surface area contributed by atoms with Gasteiger partial charge in [0, 0.05) is 5.56 Å². The average Bonchev–Trinajstić information content (AvgIpc) is 2.75. The molecular formula is C12H13FN4O2. The molecule has 19 heavy (non-hydrogen) atoms. The quantitative estimate of drug-likeness (QED) is 0.911. The summed E-state index contributed by atoms with van der Waals surface area (Å²) in [6, 6.07) is 4.06. The highest BCUT2D eigenvalue weighted by atomic mass is 19.1. The molecule has 0 saturated carbocycles. The molecule has 0 fully saturated rings. The number of hydrogen-bond donors (Lipinski definition) is 1. The number of tetrazole rings is 1. The van der Waals surface area contributed by atoms with Crippen LogP contribution < -0.4 is 0 Å². The van der Waals surface area contributed by atoms with Crippen molar-refractivity contribution in [3.63, 3.8) is 0 Å². The van der Waals surface area contributed by atoms with E-state index in [1.54, 1.807) is 19.9 Å². The fraction of sp³-hybridized carbons (Fsp3) is 0.333. The molecule has 6 nitrogen and oxygen atoms in total. The zero-order chi connectivity index (χ0) is 14.0. The van der Waals surface area contributed by atoms with Gasteiger partial charge in [0.2, 0.25) is 0 Å². The van der Waals surface area contributed by atoms with Crippen molar-refractivity contribution in [1.82, 2.24) is 20.2 Å². The van der Waals surface area contributed by atoms with Crippen LogP contribution >= 0.6 is 0 Å². The maximum absolute atomic E-state index is 13.4. The molecule has 0 radical (unpaired) electrons. The van der Waals surface area contributed by atoms with Crippen molar-refractivity contribution in [3.05, 3.63) is 29.6 Å². The van der Waals surface area contributed by atoms with Crippen LogP contribution in [0.1, 0.15) is 24.9 Å². The average molecular weight is 264 g/mol. The van der Waals surface area contributed by atoms with E-state index in [4.69, 9.17) is 5.11 Å². The van der Waals surface area contributed by atoms with Gasteiger partial charge in [-0.25, -0.2) is 9.07 Å². The van der Waals surface area contributed by atoms with Crippen molar-refractivity contribution < 1.29 is 14.3 Å². The van der Waals surface area contributed by atoms with Gasteiger partial charge in [-0.2, -0.15) is 0 Å². The Balaban J connectivity index is 2.41. The topological polar surface area (TPSA) is 80.9 Å². The van der Waals surface area contributed by atoms with E-state index in [1.807, 2.05) is 0 Å². The SMILES string of the molecule is Cc1cc(F)cc(-c2nnnn2C(C)CC(=O)O)c1. The summed E-state index contributed by atoms with van der Waals surface area (Å²) in [5, 5.41) is 19.9. The Morgan fingerprint density at radius 1 is 1.47 bits per heavy atom. The first-order valence-electron chi connectivity index (χ1n) is 5.74. The summed E-state index contributed by atoms with van der Waals surface area (Å²) in [7, 11) is 0. The fourth-order valence-corrected chi connectivity index (χ4v) is 1.89. The maximum atomic E-state index is 13.4. The van der Waals surface area contributed by atoms with Gasteiger partial charge in [0.15, 0.2) is 5.82 Å². The van der Waals surface area contributed by atoms with E-state index in [9.17, 15) is 9.18 Å². The van der Waals surface area contributed by atoms with Gasteiger partial charge in [0.1, 0.15) is 5.82 Å². The number of aromatic nitrogens is 4. The Hall–Kier alpha value is -2.31. The number of carbonyl (C=O) groups is 1. The Labute approximate surface area is 108 Å². The number of aryl methyl sites for hydroxylation is 1. The van der Waals surface area contributed by atoms with E-state index in [2.05, 4.69) is 15.5 Å². The molecule has 2 rings (SSSR count). The van der Waals surface area contributed by atoms with Crippen LogP contribution in [0.15, 0.2) is 18.2 Å². The van der Waals surface area contributed by atoms with Gasteiger partial charge < -0.3 is 5.11 Å². The van der Waals surface area contributed by atoms with Crippen molar-refractivity contribution in [2.45, 2.75) is 26.3 Å². The van der Waals surface area contributed by atoms with Crippen LogP contribution in [0, 0.1) is 12.7 Å². The summed E-state index contributed by atoms with van der Waals surface area (Å²) in [6.07, 6.45) is -0.105. The molecule has 0 aliphatic carbocycles. The lowest BCUT2D eigenvalue weighted by molar-refractivity contribution is -0.137.